The lowest BCUT2D eigenvalue weighted by atomic mass is 10.1. The van der Waals surface area contributed by atoms with Gasteiger partial charge in [0, 0.05) is 11.1 Å². The molecule has 0 aliphatic heterocycles. The highest BCUT2D eigenvalue weighted by Gasteiger charge is 2.17. The Kier molecular flexibility index (Phi) is 5.93. The van der Waals surface area contributed by atoms with Crippen LogP contribution in [0.2, 0.25) is 5.02 Å². The molecule has 0 radical (unpaired) electrons. The number of hydrogen-bond acceptors (Lipinski definition) is 4. The van der Waals surface area contributed by atoms with E-state index in [1.165, 1.54) is 7.11 Å². The monoisotopic (exact) mass is 349 g/mol. The number of nitrogens with one attached hydrogen (secondary N) is 1. The van der Waals surface area contributed by atoms with Crippen molar-refractivity contribution >= 4 is 17.5 Å². The number of hydrogen-bond donors (Lipinski definition) is 1. The van der Waals surface area contributed by atoms with Gasteiger partial charge in [-0.15, -0.1) is 0 Å². The maximum Gasteiger partial charge on any atom is 0.251 e. The summed E-state index contributed by atoms with van der Waals surface area (Å²) in [6.45, 7) is 1.88. The number of methoxy groups -OCH3 is 3. The zero-order valence-electron chi connectivity index (χ0n) is 14.1. The third-order valence-electron chi connectivity index (χ3n) is 3.66. The highest BCUT2D eigenvalue weighted by molar-refractivity contribution is 6.32. The molecule has 1 amide bonds. The fourth-order valence-corrected chi connectivity index (χ4v) is 2.60. The molecule has 0 unspecified atom stereocenters. The Balaban J connectivity index is 2.21. The van der Waals surface area contributed by atoms with E-state index >= 15 is 0 Å². The van der Waals surface area contributed by atoms with Crippen LogP contribution in [-0.4, -0.2) is 27.2 Å². The zero-order chi connectivity index (χ0) is 17.7. The summed E-state index contributed by atoms with van der Waals surface area (Å²) in [5, 5.41) is 3.32. The Morgan fingerprint density at radius 1 is 1.00 bits per heavy atom. The van der Waals surface area contributed by atoms with E-state index in [1.807, 2.05) is 13.0 Å². The molecular formula is C18H20ClNO4. The molecule has 128 valence electrons. The van der Waals surface area contributed by atoms with Gasteiger partial charge < -0.3 is 19.5 Å². The fourth-order valence-electron chi connectivity index (χ4n) is 2.34. The number of amides is 1. The molecule has 2 rings (SSSR count). The topological polar surface area (TPSA) is 56.8 Å². The van der Waals surface area contributed by atoms with Gasteiger partial charge in [0.15, 0.2) is 0 Å². The van der Waals surface area contributed by atoms with Gasteiger partial charge >= 0.3 is 0 Å². The average molecular weight is 350 g/mol. The summed E-state index contributed by atoms with van der Waals surface area (Å²) in [7, 11) is 4.70. The number of rotatable bonds is 6. The molecule has 0 fully saturated rings. The Labute approximate surface area is 146 Å². The van der Waals surface area contributed by atoms with Gasteiger partial charge in [-0.25, -0.2) is 0 Å². The molecule has 6 heteroatoms. The van der Waals surface area contributed by atoms with Crippen molar-refractivity contribution in [2.75, 3.05) is 21.3 Å². The minimum atomic E-state index is -0.275. The van der Waals surface area contributed by atoms with Crippen LogP contribution in [0.25, 0.3) is 0 Å². The second-order valence-corrected chi connectivity index (χ2v) is 5.56. The minimum absolute atomic E-state index is 0.239. The van der Waals surface area contributed by atoms with Gasteiger partial charge in [0.25, 0.3) is 5.91 Å². The third-order valence-corrected chi connectivity index (χ3v) is 3.96. The van der Waals surface area contributed by atoms with Crippen molar-refractivity contribution in [3.8, 4) is 17.2 Å². The smallest absolute Gasteiger partial charge is 0.251 e. The number of carbonyl (C=O) groups is 1. The van der Waals surface area contributed by atoms with Gasteiger partial charge in [0.05, 0.1) is 32.4 Å². The van der Waals surface area contributed by atoms with Crippen molar-refractivity contribution < 1.29 is 19.0 Å². The van der Waals surface area contributed by atoms with E-state index in [0.717, 1.165) is 5.56 Å². The highest BCUT2D eigenvalue weighted by Crippen LogP contribution is 2.30. The van der Waals surface area contributed by atoms with Crippen LogP contribution in [0.1, 0.15) is 28.9 Å². The molecular weight excluding hydrogens is 330 g/mol. The van der Waals surface area contributed by atoms with Crippen LogP contribution >= 0.6 is 11.6 Å². The van der Waals surface area contributed by atoms with Gasteiger partial charge in [-0.05, 0) is 43.3 Å². The predicted octanol–water partition coefficient (Wildman–Crippen LogP) is 3.86. The van der Waals surface area contributed by atoms with Crippen LogP contribution in [0, 0.1) is 0 Å². The van der Waals surface area contributed by atoms with Gasteiger partial charge in [-0.1, -0.05) is 11.6 Å². The van der Waals surface area contributed by atoms with E-state index in [0.29, 0.717) is 27.8 Å². The number of carbonyl (C=O) groups excluding carboxylic acids is 1. The number of ether oxygens (including phenoxy) is 3. The molecule has 5 nitrogen and oxygen atoms in total. The minimum Gasteiger partial charge on any atom is -0.497 e. The van der Waals surface area contributed by atoms with Crippen LogP contribution in [0.5, 0.6) is 17.2 Å². The van der Waals surface area contributed by atoms with Crippen molar-refractivity contribution in [3.63, 3.8) is 0 Å². The molecule has 0 aliphatic rings. The Hall–Kier alpha value is -2.40. The normalized spacial score (nSPS) is 11.5. The number of halogens is 1. The SMILES string of the molecule is COc1ccc(OC)c([C@@H](C)NC(=O)c2ccc(OC)c(Cl)c2)c1. The molecule has 1 atom stereocenters. The van der Waals surface area contributed by atoms with E-state index < -0.39 is 0 Å². The molecule has 24 heavy (non-hydrogen) atoms. The fraction of sp³-hybridized carbons (Fsp3) is 0.278. The van der Waals surface area contributed by atoms with Crippen LogP contribution in [0.15, 0.2) is 36.4 Å². The Morgan fingerprint density at radius 3 is 2.25 bits per heavy atom. The quantitative estimate of drug-likeness (QED) is 0.860. The standard InChI is InChI=1S/C18H20ClNO4/c1-11(14-10-13(22-2)6-8-16(14)23-3)20-18(21)12-5-7-17(24-4)15(19)9-12/h5-11H,1-4H3,(H,20,21)/t11-/m1/s1. The number of benzene rings is 2. The van der Waals surface area contributed by atoms with Crippen molar-refractivity contribution in [1.29, 1.82) is 0 Å². The van der Waals surface area contributed by atoms with Crippen molar-refractivity contribution in [2.45, 2.75) is 13.0 Å². The molecule has 0 heterocycles. The van der Waals surface area contributed by atoms with Gasteiger partial charge in [-0.3, -0.25) is 4.79 Å². The van der Waals surface area contributed by atoms with E-state index in [1.54, 1.807) is 44.6 Å². The summed E-state index contributed by atoms with van der Waals surface area (Å²) in [6, 6.07) is 10.1. The van der Waals surface area contributed by atoms with E-state index in [-0.39, 0.29) is 11.9 Å². The predicted molar refractivity (Wildman–Crippen MR) is 93.4 cm³/mol. The van der Waals surface area contributed by atoms with Crippen molar-refractivity contribution in [2.24, 2.45) is 0 Å². The summed E-state index contributed by atoms with van der Waals surface area (Å²) in [6.07, 6.45) is 0. The first-order chi connectivity index (χ1) is 11.5. The maximum absolute atomic E-state index is 12.5. The van der Waals surface area contributed by atoms with Gasteiger partial charge in [-0.2, -0.15) is 0 Å². The van der Waals surface area contributed by atoms with Crippen LogP contribution in [-0.2, 0) is 0 Å². The zero-order valence-corrected chi connectivity index (χ0v) is 14.8. The van der Waals surface area contributed by atoms with Crippen LogP contribution in [0.3, 0.4) is 0 Å². The molecule has 1 N–H and O–H groups in total. The summed E-state index contributed by atoms with van der Waals surface area (Å²) in [4.78, 5) is 12.5. The lowest BCUT2D eigenvalue weighted by molar-refractivity contribution is 0.0939. The second-order valence-electron chi connectivity index (χ2n) is 5.15. The molecule has 2 aromatic rings. The van der Waals surface area contributed by atoms with Gasteiger partial charge in [0.2, 0.25) is 0 Å². The summed E-state index contributed by atoms with van der Waals surface area (Å²) < 4.78 is 15.7. The molecule has 0 spiro atoms. The molecule has 0 saturated carbocycles. The van der Waals surface area contributed by atoms with E-state index in [2.05, 4.69) is 5.32 Å². The maximum atomic E-state index is 12.5. The van der Waals surface area contributed by atoms with E-state index in [4.69, 9.17) is 25.8 Å². The summed E-state index contributed by atoms with van der Waals surface area (Å²) in [5.74, 6) is 1.66. The lowest BCUT2D eigenvalue weighted by Gasteiger charge is -2.18. The highest BCUT2D eigenvalue weighted by atomic mass is 35.5. The summed E-state index contributed by atoms with van der Waals surface area (Å²) in [5.41, 5.74) is 1.28. The first-order valence-corrected chi connectivity index (χ1v) is 7.74. The second kappa shape index (κ2) is 7.93. The van der Waals surface area contributed by atoms with Crippen molar-refractivity contribution in [3.05, 3.63) is 52.5 Å². The lowest BCUT2D eigenvalue weighted by Crippen LogP contribution is -2.27. The molecule has 0 bridgehead atoms. The van der Waals surface area contributed by atoms with Crippen LogP contribution < -0.4 is 19.5 Å². The Morgan fingerprint density at radius 2 is 1.67 bits per heavy atom. The largest absolute Gasteiger partial charge is 0.497 e. The van der Waals surface area contributed by atoms with Gasteiger partial charge in [0.1, 0.15) is 17.2 Å². The Bertz CT molecular complexity index is 733. The van der Waals surface area contributed by atoms with Crippen LogP contribution in [0.4, 0.5) is 0 Å². The molecule has 0 aromatic heterocycles. The summed E-state index contributed by atoms with van der Waals surface area (Å²) >= 11 is 6.07. The molecule has 2 aromatic carbocycles. The van der Waals surface area contributed by atoms with Crippen molar-refractivity contribution in [1.82, 2.24) is 5.32 Å². The first kappa shape index (κ1) is 17.9. The third kappa shape index (κ3) is 3.92. The molecule has 0 aliphatic carbocycles. The first-order valence-electron chi connectivity index (χ1n) is 7.36. The average Bonchev–Trinajstić information content (AvgIpc) is 2.60. The molecule has 0 saturated heterocycles. The van der Waals surface area contributed by atoms with E-state index in [9.17, 15) is 4.79 Å².